The van der Waals surface area contributed by atoms with E-state index in [1.807, 2.05) is 0 Å². The molecule has 0 N–H and O–H groups in total. The first-order valence-corrected chi connectivity index (χ1v) is 22.6. The highest BCUT2D eigenvalue weighted by atomic mass is 16.5. The van der Waals surface area contributed by atoms with Crippen LogP contribution in [-0.4, -0.2) is 27.4 Å². The van der Waals surface area contributed by atoms with E-state index in [4.69, 9.17) is 9.47 Å². The first kappa shape index (κ1) is 41.3. The van der Waals surface area contributed by atoms with E-state index in [1.54, 1.807) is 14.2 Å². The molecule has 0 bridgehead atoms. The van der Waals surface area contributed by atoms with E-state index in [1.165, 1.54) is 66.8 Å². The molecule has 0 amide bonds. The van der Waals surface area contributed by atoms with Gasteiger partial charge in [0.1, 0.15) is 0 Å². The molecule has 0 atom stereocenters. The average Bonchev–Trinajstić information content (AvgIpc) is 3.70. The third-order valence-corrected chi connectivity index (χ3v) is 13.8. The molecule has 2 aliphatic carbocycles. The minimum absolute atomic E-state index is 0.0975. The predicted octanol–water partition coefficient (Wildman–Crippen LogP) is 15.3. The van der Waals surface area contributed by atoms with Gasteiger partial charge in [-0.25, -0.2) is 0 Å². The Morgan fingerprint density at radius 3 is 1.02 bits per heavy atom. The molecule has 0 aliphatic heterocycles. The molecule has 0 heterocycles. The zero-order valence-electron chi connectivity index (χ0n) is 37.9. The zero-order valence-corrected chi connectivity index (χ0v) is 37.9. The smallest absolute Gasteiger partial charge is 0.0502 e. The standard InChI is InChI=1S/C60H56N2O2/c1-59(2)55-13-9-7-11-51(55)53-33-31-49(39-57(53)59)61(45-23-15-41(16-24-45)35-37-63-5)47-27-19-43(20-28-47)44-21-29-48(30-22-44)62(46-25-17-42(18-26-46)36-38-64-6)50-32-34-54-52-12-8-10-14-56(52)60(3,4)58(54)40-50/h7-34,39-40H,35-38H2,1-6H3. The van der Waals surface area contributed by atoms with Crippen molar-refractivity contribution in [1.29, 1.82) is 0 Å². The number of ether oxygens (including phenoxy) is 2. The van der Waals surface area contributed by atoms with E-state index in [0.717, 1.165) is 47.0 Å². The second kappa shape index (κ2) is 16.8. The van der Waals surface area contributed by atoms with Crippen LogP contribution in [0.4, 0.5) is 34.1 Å². The summed E-state index contributed by atoms with van der Waals surface area (Å²) in [5, 5.41) is 0. The van der Waals surface area contributed by atoms with Gasteiger partial charge in [-0.2, -0.15) is 0 Å². The van der Waals surface area contributed by atoms with E-state index >= 15 is 0 Å². The molecule has 10 rings (SSSR count). The molecular formula is C60H56N2O2. The molecule has 0 radical (unpaired) electrons. The summed E-state index contributed by atoms with van der Waals surface area (Å²) in [6.07, 6.45) is 1.77. The highest BCUT2D eigenvalue weighted by Gasteiger charge is 2.37. The Kier molecular flexibility index (Phi) is 10.8. The fourth-order valence-electron chi connectivity index (χ4n) is 10.2. The molecule has 0 spiro atoms. The molecule has 2 aliphatic rings. The third-order valence-electron chi connectivity index (χ3n) is 13.8. The van der Waals surface area contributed by atoms with Crippen molar-refractivity contribution in [3.8, 4) is 33.4 Å². The van der Waals surface area contributed by atoms with E-state index in [0.29, 0.717) is 13.2 Å². The topological polar surface area (TPSA) is 24.9 Å². The van der Waals surface area contributed by atoms with Crippen molar-refractivity contribution in [3.05, 3.63) is 215 Å². The Bertz CT molecular complexity index is 2740. The summed E-state index contributed by atoms with van der Waals surface area (Å²) in [5.41, 5.74) is 22.2. The number of rotatable bonds is 13. The average molecular weight is 837 g/mol. The van der Waals surface area contributed by atoms with Crippen LogP contribution >= 0.6 is 0 Å². The normalized spacial score (nSPS) is 13.8. The van der Waals surface area contributed by atoms with Crippen LogP contribution in [0.3, 0.4) is 0 Å². The molecule has 64 heavy (non-hydrogen) atoms. The van der Waals surface area contributed by atoms with Gasteiger partial charge in [0.2, 0.25) is 0 Å². The van der Waals surface area contributed by atoms with Gasteiger partial charge in [-0.3, -0.25) is 0 Å². The van der Waals surface area contributed by atoms with Crippen LogP contribution in [0.25, 0.3) is 33.4 Å². The second-order valence-electron chi connectivity index (χ2n) is 18.4. The first-order valence-electron chi connectivity index (χ1n) is 22.6. The van der Waals surface area contributed by atoms with Crippen molar-refractivity contribution in [3.63, 3.8) is 0 Å². The number of nitrogens with zero attached hydrogens (tertiary/aromatic N) is 2. The van der Waals surface area contributed by atoms with Crippen LogP contribution < -0.4 is 9.80 Å². The molecule has 8 aromatic rings. The molecule has 0 saturated heterocycles. The summed E-state index contributed by atoms with van der Waals surface area (Å²) in [4.78, 5) is 4.78. The maximum absolute atomic E-state index is 5.39. The van der Waals surface area contributed by atoms with Crippen molar-refractivity contribution in [2.45, 2.75) is 51.4 Å². The lowest BCUT2D eigenvalue weighted by atomic mass is 9.82. The Balaban J connectivity index is 0.989. The molecular weight excluding hydrogens is 781 g/mol. The molecule has 4 heteroatoms. The quantitative estimate of drug-likeness (QED) is 0.115. The van der Waals surface area contributed by atoms with Gasteiger partial charge in [0, 0.05) is 59.2 Å². The summed E-state index contributed by atoms with van der Waals surface area (Å²) >= 11 is 0. The minimum Gasteiger partial charge on any atom is -0.384 e. The van der Waals surface area contributed by atoms with Crippen molar-refractivity contribution in [2.24, 2.45) is 0 Å². The molecule has 4 nitrogen and oxygen atoms in total. The number of hydrogen-bond acceptors (Lipinski definition) is 4. The molecule has 0 unspecified atom stereocenters. The van der Waals surface area contributed by atoms with Crippen molar-refractivity contribution < 1.29 is 9.47 Å². The van der Waals surface area contributed by atoms with Crippen molar-refractivity contribution in [2.75, 3.05) is 37.2 Å². The lowest BCUT2D eigenvalue weighted by Gasteiger charge is -2.29. The predicted molar refractivity (Wildman–Crippen MR) is 268 cm³/mol. The van der Waals surface area contributed by atoms with Gasteiger partial charge in [-0.15, -0.1) is 0 Å². The molecule has 0 fully saturated rings. The Labute approximate surface area is 379 Å². The van der Waals surface area contributed by atoms with Gasteiger partial charge in [0.25, 0.3) is 0 Å². The van der Waals surface area contributed by atoms with E-state index < -0.39 is 0 Å². The van der Waals surface area contributed by atoms with E-state index in [2.05, 4.69) is 219 Å². The SMILES string of the molecule is COCCc1ccc(N(c2ccc(-c3ccc(N(c4ccc(CCOC)cc4)c4ccc5c(c4)C(C)(C)c4ccccc4-5)cc3)cc2)c2ccc3c(c2)C(C)(C)c2ccccc2-3)cc1. The lowest BCUT2D eigenvalue weighted by molar-refractivity contribution is 0.202. The Morgan fingerprint density at radius 1 is 0.344 bits per heavy atom. The summed E-state index contributed by atoms with van der Waals surface area (Å²) in [6.45, 7) is 10.8. The summed E-state index contributed by atoms with van der Waals surface area (Å²) in [6, 6.07) is 67.7. The van der Waals surface area contributed by atoms with Gasteiger partial charge in [-0.05, 0) is 152 Å². The lowest BCUT2D eigenvalue weighted by Crippen LogP contribution is -2.16. The second-order valence-corrected chi connectivity index (χ2v) is 18.4. The van der Waals surface area contributed by atoms with Crippen molar-refractivity contribution in [1.82, 2.24) is 0 Å². The summed E-state index contributed by atoms with van der Waals surface area (Å²) < 4.78 is 10.8. The van der Waals surface area contributed by atoms with Crippen LogP contribution in [0, 0.1) is 0 Å². The van der Waals surface area contributed by atoms with Gasteiger partial charge in [-0.1, -0.05) is 137 Å². The summed E-state index contributed by atoms with van der Waals surface area (Å²) in [5.74, 6) is 0. The van der Waals surface area contributed by atoms with Crippen LogP contribution in [0.5, 0.6) is 0 Å². The maximum atomic E-state index is 5.39. The van der Waals surface area contributed by atoms with Crippen LogP contribution in [-0.2, 0) is 33.1 Å². The van der Waals surface area contributed by atoms with Crippen molar-refractivity contribution >= 4 is 34.1 Å². The number of hydrogen-bond donors (Lipinski definition) is 0. The summed E-state index contributed by atoms with van der Waals surface area (Å²) in [7, 11) is 3.52. The zero-order chi connectivity index (χ0) is 44.0. The molecule has 318 valence electrons. The number of anilines is 6. The van der Waals surface area contributed by atoms with E-state index in [-0.39, 0.29) is 10.8 Å². The Hall–Kier alpha value is -6.72. The van der Waals surface area contributed by atoms with E-state index in [9.17, 15) is 0 Å². The van der Waals surface area contributed by atoms with Gasteiger partial charge >= 0.3 is 0 Å². The highest BCUT2D eigenvalue weighted by molar-refractivity contribution is 5.88. The fraction of sp³-hybridized carbons (Fsp3) is 0.200. The Morgan fingerprint density at radius 2 is 0.656 bits per heavy atom. The van der Waals surface area contributed by atoms with Crippen LogP contribution in [0.2, 0.25) is 0 Å². The minimum atomic E-state index is -0.0975. The largest absolute Gasteiger partial charge is 0.384 e. The van der Waals surface area contributed by atoms with Crippen LogP contribution in [0.15, 0.2) is 182 Å². The number of fused-ring (bicyclic) bond motifs is 6. The monoisotopic (exact) mass is 836 g/mol. The highest BCUT2D eigenvalue weighted by Crippen LogP contribution is 2.52. The number of methoxy groups -OCH3 is 2. The van der Waals surface area contributed by atoms with Gasteiger partial charge in [0.15, 0.2) is 0 Å². The maximum Gasteiger partial charge on any atom is 0.0502 e. The third kappa shape index (κ3) is 7.31. The fourth-order valence-corrected chi connectivity index (χ4v) is 10.2. The number of benzene rings is 8. The molecule has 0 aromatic heterocycles. The van der Waals surface area contributed by atoms with Gasteiger partial charge < -0.3 is 19.3 Å². The van der Waals surface area contributed by atoms with Gasteiger partial charge in [0.05, 0.1) is 13.2 Å². The first-order chi connectivity index (χ1) is 31.1. The molecule has 0 saturated carbocycles. The molecule has 8 aromatic carbocycles. The van der Waals surface area contributed by atoms with Crippen LogP contribution in [0.1, 0.15) is 61.1 Å².